The van der Waals surface area contributed by atoms with Crippen molar-refractivity contribution in [1.82, 2.24) is 4.98 Å². The zero-order chi connectivity index (χ0) is 22.2. The third-order valence-electron chi connectivity index (χ3n) is 5.27. The number of halogens is 1. The molecule has 1 fully saturated rings. The number of fused-ring (bicyclic) bond motifs is 1. The van der Waals surface area contributed by atoms with Crippen LogP contribution in [0.1, 0.15) is 37.0 Å². The number of hydrogen-bond donors (Lipinski definition) is 0. The van der Waals surface area contributed by atoms with E-state index in [4.69, 9.17) is 4.74 Å². The fourth-order valence-electron chi connectivity index (χ4n) is 3.49. The van der Waals surface area contributed by atoms with E-state index in [1.54, 1.807) is 38.1 Å². The molecule has 6 nitrogen and oxygen atoms in total. The van der Waals surface area contributed by atoms with Gasteiger partial charge in [-0.2, -0.15) is 0 Å². The molecule has 9 heteroatoms. The molecule has 1 aliphatic heterocycles. The fourth-order valence-corrected chi connectivity index (χ4v) is 5.58. The first-order valence-electron chi connectivity index (χ1n) is 10.1. The van der Waals surface area contributed by atoms with Gasteiger partial charge in [-0.15, -0.1) is 0 Å². The second-order valence-corrected chi connectivity index (χ2v) is 11.3. The summed E-state index contributed by atoms with van der Waals surface area (Å²) in [5.74, 6) is -0.842. The number of thiazole rings is 1. The Morgan fingerprint density at radius 1 is 1.29 bits per heavy atom. The first-order chi connectivity index (χ1) is 14.8. The van der Waals surface area contributed by atoms with Gasteiger partial charge in [0.25, 0.3) is 5.91 Å². The van der Waals surface area contributed by atoms with Gasteiger partial charge in [0.15, 0.2) is 15.0 Å². The zero-order valence-corrected chi connectivity index (χ0v) is 18.9. The summed E-state index contributed by atoms with van der Waals surface area (Å²) in [6.45, 7) is 4.09. The number of nitrogens with zero attached hydrogens (tertiary/aromatic N) is 2. The summed E-state index contributed by atoms with van der Waals surface area (Å²) in [6.07, 6.45) is 1.57. The molecule has 1 saturated heterocycles. The summed E-state index contributed by atoms with van der Waals surface area (Å²) in [5.41, 5.74) is 0.447. The minimum atomic E-state index is -3.53. The number of benzene rings is 2. The van der Waals surface area contributed by atoms with E-state index in [-0.39, 0.29) is 28.6 Å². The number of carbonyl (C=O) groups is 1. The number of sulfone groups is 1. The van der Waals surface area contributed by atoms with Crippen LogP contribution in [-0.2, 0) is 14.6 Å². The normalized spacial score (nSPS) is 16.8. The van der Waals surface area contributed by atoms with Crippen molar-refractivity contribution in [2.45, 2.75) is 42.9 Å². The Kier molecular flexibility index (Phi) is 6.09. The molecule has 1 atom stereocenters. The predicted molar refractivity (Wildman–Crippen MR) is 119 cm³/mol. The Balaban J connectivity index is 1.74. The minimum absolute atomic E-state index is 0.0979. The van der Waals surface area contributed by atoms with Gasteiger partial charge in [0.2, 0.25) is 0 Å². The maximum atomic E-state index is 14.2. The van der Waals surface area contributed by atoms with E-state index < -0.39 is 26.8 Å². The van der Waals surface area contributed by atoms with Gasteiger partial charge in [-0.25, -0.2) is 17.8 Å². The molecule has 0 spiro atoms. The van der Waals surface area contributed by atoms with E-state index in [1.807, 2.05) is 0 Å². The number of amides is 1. The molecule has 3 aromatic rings. The van der Waals surface area contributed by atoms with Crippen LogP contribution in [0.2, 0.25) is 0 Å². The first-order valence-corrected chi connectivity index (χ1v) is 12.5. The molecule has 4 rings (SSSR count). The van der Waals surface area contributed by atoms with Gasteiger partial charge in [-0.3, -0.25) is 9.69 Å². The smallest absolute Gasteiger partial charge is 0.260 e. The highest BCUT2D eigenvalue weighted by atomic mass is 32.2. The monoisotopic (exact) mass is 462 g/mol. The van der Waals surface area contributed by atoms with Gasteiger partial charge >= 0.3 is 0 Å². The van der Waals surface area contributed by atoms with Gasteiger partial charge in [-0.05, 0) is 57.0 Å². The highest BCUT2D eigenvalue weighted by Crippen LogP contribution is 2.32. The fraction of sp³-hybridized carbons (Fsp3) is 0.364. The van der Waals surface area contributed by atoms with Crippen molar-refractivity contribution in [1.29, 1.82) is 0 Å². The molecular weight excluding hydrogens is 439 g/mol. The summed E-state index contributed by atoms with van der Waals surface area (Å²) in [6, 6.07) is 10.7. The number of rotatable bonds is 6. The van der Waals surface area contributed by atoms with Crippen LogP contribution < -0.4 is 4.90 Å². The number of para-hydroxylation sites is 1. The number of aromatic nitrogens is 1. The van der Waals surface area contributed by atoms with Gasteiger partial charge in [0, 0.05) is 12.2 Å². The second-order valence-electron chi connectivity index (χ2n) is 7.76. The molecule has 0 bridgehead atoms. The van der Waals surface area contributed by atoms with E-state index >= 15 is 0 Å². The van der Waals surface area contributed by atoms with Crippen molar-refractivity contribution in [2.75, 3.05) is 18.1 Å². The molecule has 0 aliphatic carbocycles. The third-order valence-corrected chi connectivity index (χ3v) is 8.47. The summed E-state index contributed by atoms with van der Waals surface area (Å²) < 4.78 is 45.7. The van der Waals surface area contributed by atoms with Gasteiger partial charge in [0.1, 0.15) is 11.3 Å². The third kappa shape index (κ3) is 4.35. The molecule has 2 heterocycles. The lowest BCUT2D eigenvalue weighted by Crippen LogP contribution is -2.37. The summed E-state index contributed by atoms with van der Waals surface area (Å²) >= 11 is 1.22. The lowest BCUT2D eigenvalue weighted by Gasteiger charge is -2.23. The summed E-state index contributed by atoms with van der Waals surface area (Å²) in [5, 5.41) is -0.245. The molecule has 1 aliphatic rings. The SMILES string of the molecule is CC(C)S(=O)(=O)c1cccc(C(=O)N(CC2CCCO2)c2nc3c(F)cccc3s2)c1. The molecule has 1 unspecified atom stereocenters. The topological polar surface area (TPSA) is 76.6 Å². The first kappa shape index (κ1) is 21.9. The van der Waals surface area contributed by atoms with Crippen LogP contribution in [0.25, 0.3) is 10.2 Å². The van der Waals surface area contributed by atoms with Crippen LogP contribution in [0.3, 0.4) is 0 Å². The van der Waals surface area contributed by atoms with Crippen molar-refractivity contribution in [3.8, 4) is 0 Å². The second kappa shape index (κ2) is 8.64. The van der Waals surface area contributed by atoms with E-state index in [9.17, 15) is 17.6 Å². The molecule has 0 saturated carbocycles. The van der Waals surface area contributed by atoms with Crippen LogP contribution in [0.15, 0.2) is 47.4 Å². The predicted octanol–water partition coefficient (Wildman–Crippen LogP) is 4.44. The minimum Gasteiger partial charge on any atom is -0.376 e. The van der Waals surface area contributed by atoms with Crippen LogP contribution >= 0.6 is 11.3 Å². The van der Waals surface area contributed by atoms with Crippen molar-refractivity contribution < 1.29 is 22.3 Å². The van der Waals surface area contributed by atoms with E-state index in [0.717, 1.165) is 12.8 Å². The summed E-state index contributed by atoms with van der Waals surface area (Å²) in [7, 11) is -3.53. The van der Waals surface area contributed by atoms with Gasteiger partial charge in [0.05, 0.1) is 27.5 Å². The quantitative estimate of drug-likeness (QED) is 0.541. The number of hydrogen-bond acceptors (Lipinski definition) is 6. The maximum absolute atomic E-state index is 14.2. The van der Waals surface area contributed by atoms with Crippen molar-refractivity contribution >= 4 is 42.4 Å². The largest absolute Gasteiger partial charge is 0.376 e. The average molecular weight is 463 g/mol. The number of anilines is 1. The average Bonchev–Trinajstić information content (AvgIpc) is 3.42. The molecular formula is C22H23FN2O4S2. The van der Waals surface area contributed by atoms with E-state index in [2.05, 4.69) is 4.98 Å². The van der Waals surface area contributed by atoms with Crippen LogP contribution in [0.4, 0.5) is 9.52 Å². The highest BCUT2D eigenvalue weighted by molar-refractivity contribution is 7.92. The molecule has 0 N–H and O–H groups in total. The van der Waals surface area contributed by atoms with Crippen LogP contribution in [-0.4, -0.2) is 43.8 Å². The lowest BCUT2D eigenvalue weighted by molar-refractivity contribution is 0.0917. The highest BCUT2D eigenvalue weighted by Gasteiger charge is 2.28. The Morgan fingerprint density at radius 3 is 2.74 bits per heavy atom. The Morgan fingerprint density at radius 2 is 2.06 bits per heavy atom. The van der Waals surface area contributed by atoms with Crippen LogP contribution in [0, 0.1) is 5.82 Å². The molecule has 1 amide bonds. The molecule has 164 valence electrons. The van der Waals surface area contributed by atoms with Crippen molar-refractivity contribution in [3.05, 3.63) is 53.8 Å². The van der Waals surface area contributed by atoms with E-state index in [1.165, 1.54) is 34.4 Å². The summed E-state index contributed by atoms with van der Waals surface area (Å²) in [4.78, 5) is 19.4. The Bertz CT molecular complexity index is 1220. The maximum Gasteiger partial charge on any atom is 0.260 e. The van der Waals surface area contributed by atoms with E-state index in [0.29, 0.717) is 16.4 Å². The Labute approximate surface area is 184 Å². The van der Waals surface area contributed by atoms with Crippen molar-refractivity contribution in [2.24, 2.45) is 0 Å². The lowest BCUT2D eigenvalue weighted by atomic mass is 10.2. The van der Waals surface area contributed by atoms with Crippen LogP contribution in [0.5, 0.6) is 0 Å². The van der Waals surface area contributed by atoms with Gasteiger partial charge in [-0.1, -0.05) is 23.5 Å². The molecule has 0 radical (unpaired) electrons. The number of ether oxygens (including phenoxy) is 1. The Hall–Kier alpha value is -2.36. The van der Waals surface area contributed by atoms with Gasteiger partial charge < -0.3 is 4.74 Å². The standard InChI is InChI=1S/C22H23FN2O4S2/c1-14(2)31(27,28)17-8-3-6-15(12-17)21(26)25(13-16-7-5-11-29-16)22-24-20-18(23)9-4-10-19(20)30-22/h3-4,6,8-10,12,14,16H,5,7,11,13H2,1-2H3. The molecule has 2 aromatic carbocycles. The molecule has 1 aromatic heterocycles. The van der Waals surface area contributed by atoms with Crippen molar-refractivity contribution in [3.63, 3.8) is 0 Å². The number of carbonyl (C=O) groups excluding carboxylic acids is 1. The zero-order valence-electron chi connectivity index (χ0n) is 17.2. The molecule has 31 heavy (non-hydrogen) atoms.